The first-order valence-corrected chi connectivity index (χ1v) is 8.46. The lowest BCUT2D eigenvalue weighted by Crippen LogP contribution is -2.47. The molecule has 0 aromatic rings. The summed E-state index contributed by atoms with van der Waals surface area (Å²) >= 11 is 0. The number of hydrogen-bond acceptors (Lipinski definition) is 4. The van der Waals surface area contributed by atoms with Gasteiger partial charge >= 0.3 is 0 Å². The molecular weight excluding hydrogens is 252 g/mol. The van der Waals surface area contributed by atoms with E-state index in [9.17, 15) is 8.42 Å². The van der Waals surface area contributed by atoms with E-state index in [1.165, 1.54) is 0 Å². The van der Waals surface area contributed by atoms with Crippen molar-refractivity contribution in [2.75, 3.05) is 32.0 Å². The van der Waals surface area contributed by atoms with Gasteiger partial charge < -0.3 is 4.74 Å². The third-order valence-corrected chi connectivity index (χ3v) is 4.85. The van der Waals surface area contributed by atoms with Crippen LogP contribution in [-0.2, 0) is 14.8 Å². The number of nitrogens with zero attached hydrogens (tertiary/aromatic N) is 1. The summed E-state index contributed by atoms with van der Waals surface area (Å²) in [5.74, 6) is 0.145. The van der Waals surface area contributed by atoms with Gasteiger partial charge in [-0.2, -0.15) is 0 Å². The van der Waals surface area contributed by atoms with Crippen LogP contribution in [0.15, 0.2) is 0 Å². The van der Waals surface area contributed by atoms with Crippen molar-refractivity contribution < 1.29 is 13.2 Å². The number of nitrogens with one attached hydrogen (secondary N) is 1. The van der Waals surface area contributed by atoms with E-state index in [1.54, 1.807) is 6.92 Å². The van der Waals surface area contributed by atoms with Crippen LogP contribution >= 0.6 is 0 Å². The summed E-state index contributed by atoms with van der Waals surface area (Å²) in [6, 6.07) is 0.244. The Morgan fingerprint density at radius 1 is 1.33 bits per heavy atom. The quantitative estimate of drug-likeness (QED) is 0.749. The molecule has 0 aromatic heterocycles. The number of ether oxygens (including phenoxy) is 1. The van der Waals surface area contributed by atoms with Crippen molar-refractivity contribution in [3.05, 3.63) is 0 Å². The van der Waals surface area contributed by atoms with Crippen molar-refractivity contribution in [1.29, 1.82) is 0 Å². The molecule has 1 atom stereocenters. The van der Waals surface area contributed by atoms with Crippen LogP contribution in [-0.4, -0.2) is 57.5 Å². The average Bonchev–Trinajstić information content (AvgIpc) is 2.37. The van der Waals surface area contributed by atoms with Crippen LogP contribution in [0.1, 0.15) is 33.6 Å². The Morgan fingerprint density at radius 3 is 2.44 bits per heavy atom. The third kappa shape index (κ3) is 5.22. The summed E-state index contributed by atoms with van der Waals surface area (Å²) in [7, 11) is -3.07. The molecule has 1 aliphatic rings. The lowest BCUT2D eigenvalue weighted by atomic mass is 10.1. The van der Waals surface area contributed by atoms with Crippen molar-refractivity contribution in [1.82, 2.24) is 9.62 Å². The van der Waals surface area contributed by atoms with Crippen LogP contribution in [0.5, 0.6) is 0 Å². The zero-order valence-corrected chi connectivity index (χ0v) is 12.5. The molecule has 1 heterocycles. The topological polar surface area (TPSA) is 58.6 Å². The van der Waals surface area contributed by atoms with E-state index >= 15 is 0 Å². The van der Waals surface area contributed by atoms with Crippen LogP contribution < -0.4 is 4.72 Å². The van der Waals surface area contributed by atoms with Crippen LogP contribution in [0, 0.1) is 0 Å². The highest BCUT2D eigenvalue weighted by Gasteiger charge is 2.23. The second kappa shape index (κ2) is 7.43. The number of piperidine rings is 1. The normalized spacial score (nSPS) is 21.1. The molecule has 5 nitrogen and oxygen atoms in total. The van der Waals surface area contributed by atoms with E-state index in [1.807, 2.05) is 6.92 Å². The summed E-state index contributed by atoms with van der Waals surface area (Å²) in [6.07, 6.45) is 2.46. The minimum atomic E-state index is -3.07. The fourth-order valence-electron chi connectivity index (χ4n) is 2.20. The number of hydrogen-bond donors (Lipinski definition) is 1. The molecule has 6 heteroatoms. The van der Waals surface area contributed by atoms with Crippen LogP contribution in [0.3, 0.4) is 0 Å². The maximum atomic E-state index is 11.4. The minimum absolute atomic E-state index is 0.145. The van der Waals surface area contributed by atoms with Gasteiger partial charge in [-0.05, 0) is 33.6 Å². The number of sulfonamides is 1. The molecule has 1 rings (SSSR count). The molecule has 0 bridgehead atoms. The van der Waals surface area contributed by atoms with Gasteiger partial charge in [-0.25, -0.2) is 13.1 Å². The molecule has 1 aliphatic heterocycles. The summed E-state index contributed by atoms with van der Waals surface area (Å²) in [5, 5.41) is 0. The van der Waals surface area contributed by atoms with Gasteiger partial charge in [-0.3, -0.25) is 4.90 Å². The van der Waals surface area contributed by atoms with E-state index in [2.05, 4.69) is 16.5 Å². The Kier molecular flexibility index (Phi) is 6.55. The van der Waals surface area contributed by atoms with Gasteiger partial charge in [-0.1, -0.05) is 0 Å². The Labute approximate surface area is 111 Å². The standard InChI is InChI=1S/C12H26N2O3S/c1-4-17-12-6-8-14(9-7-12)11(3)10-13-18(15,16)5-2/h11-13H,4-10H2,1-3H3/t11-/m0/s1. The van der Waals surface area contributed by atoms with Gasteiger partial charge in [0.15, 0.2) is 0 Å². The van der Waals surface area contributed by atoms with Crippen LogP contribution in [0.2, 0.25) is 0 Å². The smallest absolute Gasteiger partial charge is 0.211 e. The van der Waals surface area contributed by atoms with Gasteiger partial charge in [0.2, 0.25) is 10.0 Å². The Morgan fingerprint density at radius 2 is 1.94 bits per heavy atom. The average molecular weight is 278 g/mol. The summed E-state index contributed by atoms with van der Waals surface area (Å²) in [4.78, 5) is 2.33. The molecule has 0 radical (unpaired) electrons. The SMILES string of the molecule is CCOC1CCN([C@@H](C)CNS(=O)(=O)CC)CC1. The van der Waals surface area contributed by atoms with Crippen molar-refractivity contribution >= 4 is 10.0 Å². The zero-order valence-electron chi connectivity index (χ0n) is 11.7. The fraction of sp³-hybridized carbons (Fsp3) is 1.00. The molecular formula is C12H26N2O3S. The highest BCUT2D eigenvalue weighted by Crippen LogP contribution is 2.15. The highest BCUT2D eigenvalue weighted by molar-refractivity contribution is 7.89. The Hall–Kier alpha value is -0.170. The van der Waals surface area contributed by atoms with Crippen molar-refractivity contribution in [2.45, 2.75) is 45.8 Å². The Bertz CT molecular complexity index is 324. The number of likely N-dealkylation sites (tertiary alicyclic amines) is 1. The maximum Gasteiger partial charge on any atom is 0.211 e. The molecule has 0 amide bonds. The maximum absolute atomic E-state index is 11.4. The molecule has 1 fully saturated rings. The Balaban J connectivity index is 2.30. The first kappa shape index (κ1) is 15.9. The first-order chi connectivity index (χ1) is 8.48. The monoisotopic (exact) mass is 278 g/mol. The molecule has 0 aliphatic carbocycles. The summed E-state index contributed by atoms with van der Waals surface area (Å²) < 4.78 is 31.0. The van der Waals surface area contributed by atoms with E-state index < -0.39 is 10.0 Å². The number of rotatable bonds is 7. The summed E-state index contributed by atoms with van der Waals surface area (Å²) in [5.41, 5.74) is 0. The minimum Gasteiger partial charge on any atom is -0.378 e. The molecule has 1 saturated heterocycles. The van der Waals surface area contributed by atoms with Crippen molar-refractivity contribution in [2.24, 2.45) is 0 Å². The van der Waals surface area contributed by atoms with Crippen molar-refractivity contribution in [3.8, 4) is 0 Å². The molecule has 0 spiro atoms. The van der Waals surface area contributed by atoms with Gasteiger partial charge in [0, 0.05) is 32.3 Å². The molecule has 0 saturated carbocycles. The largest absolute Gasteiger partial charge is 0.378 e. The van der Waals surface area contributed by atoms with E-state index in [0.29, 0.717) is 12.6 Å². The second-order valence-corrected chi connectivity index (χ2v) is 6.89. The molecule has 18 heavy (non-hydrogen) atoms. The molecule has 0 unspecified atom stereocenters. The van der Waals surface area contributed by atoms with E-state index in [0.717, 1.165) is 32.5 Å². The second-order valence-electron chi connectivity index (χ2n) is 4.79. The predicted molar refractivity (Wildman–Crippen MR) is 73.1 cm³/mol. The van der Waals surface area contributed by atoms with Crippen molar-refractivity contribution in [3.63, 3.8) is 0 Å². The lowest BCUT2D eigenvalue weighted by Gasteiger charge is -2.35. The van der Waals surface area contributed by atoms with E-state index in [-0.39, 0.29) is 11.8 Å². The van der Waals surface area contributed by atoms with Gasteiger partial charge in [0.1, 0.15) is 0 Å². The third-order valence-electron chi connectivity index (χ3n) is 3.48. The fourth-order valence-corrected chi connectivity index (χ4v) is 2.90. The van der Waals surface area contributed by atoms with Gasteiger partial charge in [0.25, 0.3) is 0 Å². The van der Waals surface area contributed by atoms with Crippen LogP contribution in [0.25, 0.3) is 0 Å². The summed E-state index contributed by atoms with van der Waals surface area (Å²) in [6.45, 7) is 8.99. The van der Waals surface area contributed by atoms with Crippen LogP contribution in [0.4, 0.5) is 0 Å². The first-order valence-electron chi connectivity index (χ1n) is 6.81. The zero-order chi connectivity index (χ0) is 13.6. The predicted octanol–water partition coefficient (Wildman–Crippen LogP) is 0.815. The lowest BCUT2D eigenvalue weighted by molar-refractivity contribution is 0.00637. The van der Waals surface area contributed by atoms with Gasteiger partial charge in [0.05, 0.1) is 11.9 Å². The molecule has 108 valence electrons. The van der Waals surface area contributed by atoms with Gasteiger partial charge in [-0.15, -0.1) is 0 Å². The van der Waals surface area contributed by atoms with E-state index in [4.69, 9.17) is 4.74 Å². The molecule has 0 aromatic carbocycles. The highest BCUT2D eigenvalue weighted by atomic mass is 32.2. The molecule has 1 N–H and O–H groups in total.